The summed E-state index contributed by atoms with van der Waals surface area (Å²) in [5.74, 6) is 1.83. The van der Waals surface area contributed by atoms with Crippen molar-refractivity contribution in [2.45, 2.75) is 78.6 Å². The van der Waals surface area contributed by atoms with Crippen LogP contribution in [0.25, 0.3) is 33.4 Å². The lowest BCUT2D eigenvalue weighted by Crippen LogP contribution is -2.59. The Kier molecular flexibility index (Phi) is 8.66. The zero-order valence-electron chi connectivity index (χ0n) is 34.9. The molecule has 3 heteroatoms. The van der Waals surface area contributed by atoms with Gasteiger partial charge in [0, 0.05) is 16.9 Å². The van der Waals surface area contributed by atoms with E-state index in [9.17, 15) is 0 Å². The van der Waals surface area contributed by atoms with Crippen molar-refractivity contribution in [1.82, 2.24) is 0 Å². The van der Waals surface area contributed by atoms with Gasteiger partial charge in [-0.15, -0.1) is 0 Å². The molecule has 282 valence electrons. The van der Waals surface area contributed by atoms with Crippen LogP contribution in [0, 0.1) is 0 Å². The van der Waals surface area contributed by atoms with Gasteiger partial charge >= 0.3 is 0 Å². The maximum atomic E-state index is 6.86. The van der Waals surface area contributed by atoms with Crippen molar-refractivity contribution >= 4 is 40.2 Å². The number of hydrogen-bond acceptors (Lipinski definition) is 2. The highest BCUT2D eigenvalue weighted by Crippen LogP contribution is 2.47. The Balaban J connectivity index is 1.33. The highest BCUT2D eigenvalue weighted by molar-refractivity contribution is 6.99. The van der Waals surface area contributed by atoms with Gasteiger partial charge in [-0.2, -0.15) is 0 Å². The van der Waals surface area contributed by atoms with Crippen LogP contribution in [0.2, 0.25) is 0 Å². The minimum atomic E-state index is -0.0310. The summed E-state index contributed by atoms with van der Waals surface area (Å²) in [7, 11) is 0. The molecule has 0 unspecified atom stereocenters. The van der Waals surface area contributed by atoms with E-state index in [0.717, 1.165) is 22.9 Å². The van der Waals surface area contributed by atoms with Crippen molar-refractivity contribution in [3.05, 3.63) is 168 Å². The summed E-state index contributed by atoms with van der Waals surface area (Å²) in [6.07, 6.45) is 0. The fraction of sp³-hybridized carbons (Fsp3) is 0.222. The zero-order valence-corrected chi connectivity index (χ0v) is 34.9. The van der Waals surface area contributed by atoms with Crippen LogP contribution in [-0.4, -0.2) is 6.71 Å². The molecule has 0 aliphatic carbocycles. The number of rotatable bonds is 4. The van der Waals surface area contributed by atoms with E-state index in [0.29, 0.717) is 0 Å². The first-order valence-electron chi connectivity index (χ1n) is 20.5. The van der Waals surface area contributed by atoms with Crippen LogP contribution in [0.3, 0.4) is 0 Å². The van der Waals surface area contributed by atoms with Gasteiger partial charge in [0.1, 0.15) is 11.5 Å². The predicted octanol–water partition coefficient (Wildman–Crippen LogP) is 13.0. The average Bonchev–Trinajstić information content (AvgIpc) is 3.19. The lowest BCUT2D eigenvalue weighted by molar-refractivity contribution is 0.487. The summed E-state index contributed by atoms with van der Waals surface area (Å²) >= 11 is 0. The molecular weight excluding hydrogens is 689 g/mol. The fourth-order valence-corrected chi connectivity index (χ4v) is 8.98. The smallest absolute Gasteiger partial charge is 0.256 e. The largest absolute Gasteiger partial charge is 0.458 e. The standard InChI is InChI=1S/C54H52BNO/c1-52(2,3)40-26-29-46(41(34-40)39-23-27-42(53(4,5)6)43(31-39)54(7,8)9)56-47-21-16-22-50-51(47)55(44-28-24-38(33-48(44)56)36-19-14-11-15-20-36)45-32-37(25-30-49(45)57-50)35-17-12-10-13-18-35/h10-34H,1-9H3. The van der Waals surface area contributed by atoms with E-state index < -0.39 is 0 Å². The van der Waals surface area contributed by atoms with Gasteiger partial charge in [-0.3, -0.25) is 0 Å². The molecule has 0 bridgehead atoms. The number of benzene rings is 7. The second-order valence-electron chi connectivity index (χ2n) is 19.1. The Morgan fingerprint density at radius 3 is 1.68 bits per heavy atom. The molecule has 0 saturated carbocycles. The molecule has 2 aliphatic rings. The van der Waals surface area contributed by atoms with Gasteiger partial charge in [-0.05, 0) is 114 Å². The van der Waals surface area contributed by atoms with Crippen molar-refractivity contribution in [2.24, 2.45) is 0 Å². The molecule has 0 spiro atoms. The molecule has 7 aromatic carbocycles. The van der Waals surface area contributed by atoms with E-state index in [4.69, 9.17) is 4.74 Å². The summed E-state index contributed by atoms with van der Waals surface area (Å²) in [6.45, 7) is 21.0. The summed E-state index contributed by atoms with van der Waals surface area (Å²) in [4.78, 5) is 2.53. The van der Waals surface area contributed by atoms with E-state index >= 15 is 0 Å². The normalized spacial score (nSPS) is 13.4. The second-order valence-corrected chi connectivity index (χ2v) is 19.1. The van der Waals surface area contributed by atoms with Gasteiger partial charge in [0.05, 0.1) is 5.69 Å². The number of anilines is 3. The lowest BCUT2D eigenvalue weighted by Gasteiger charge is -2.41. The van der Waals surface area contributed by atoms with Crippen LogP contribution < -0.4 is 26.0 Å². The first kappa shape index (κ1) is 36.8. The maximum absolute atomic E-state index is 6.86. The SMILES string of the molecule is CC(C)(C)c1ccc(N2c3cc(-c4ccccc4)ccc3B3c4cc(-c5ccccc5)ccc4Oc4cccc2c43)c(-c2ccc(C(C)(C)C)c(C(C)(C)C)c2)c1. The summed E-state index contributed by atoms with van der Waals surface area (Å²) in [5.41, 5.74) is 18.5. The lowest BCUT2D eigenvalue weighted by atomic mass is 9.34. The van der Waals surface area contributed by atoms with Crippen LogP contribution in [0.4, 0.5) is 17.1 Å². The van der Waals surface area contributed by atoms with E-state index in [1.54, 1.807) is 0 Å². The summed E-state index contributed by atoms with van der Waals surface area (Å²) in [5, 5.41) is 0. The number of hydrogen-bond donors (Lipinski definition) is 0. The molecule has 0 radical (unpaired) electrons. The average molecular weight is 742 g/mol. The third kappa shape index (κ3) is 6.48. The number of ether oxygens (including phenoxy) is 1. The molecule has 0 fully saturated rings. The first-order chi connectivity index (χ1) is 27.2. The molecule has 57 heavy (non-hydrogen) atoms. The molecule has 2 nitrogen and oxygen atoms in total. The van der Waals surface area contributed by atoms with E-state index in [1.807, 2.05) is 0 Å². The van der Waals surface area contributed by atoms with Gasteiger partial charge in [-0.1, -0.05) is 178 Å². The highest BCUT2D eigenvalue weighted by atomic mass is 16.5. The Hall–Kier alpha value is -5.80. The van der Waals surface area contributed by atoms with Crippen molar-refractivity contribution in [3.63, 3.8) is 0 Å². The van der Waals surface area contributed by atoms with Gasteiger partial charge in [0.2, 0.25) is 0 Å². The van der Waals surface area contributed by atoms with E-state index in [1.165, 1.54) is 72.1 Å². The first-order valence-corrected chi connectivity index (χ1v) is 20.5. The molecule has 0 N–H and O–H groups in total. The van der Waals surface area contributed by atoms with Gasteiger partial charge < -0.3 is 9.64 Å². The molecule has 9 rings (SSSR count). The van der Waals surface area contributed by atoms with Crippen LogP contribution >= 0.6 is 0 Å². The van der Waals surface area contributed by atoms with Crippen molar-refractivity contribution in [2.75, 3.05) is 4.90 Å². The van der Waals surface area contributed by atoms with Crippen molar-refractivity contribution < 1.29 is 4.74 Å². The third-order valence-electron chi connectivity index (χ3n) is 12.0. The van der Waals surface area contributed by atoms with Crippen molar-refractivity contribution in [3.8, 4) is 44.9 Å². The molecule has 0 amide bonds. The quantitative estimate of drug-likeness (QED) is 0.167. The van der Waals surface area contributed by atoms with Crippen LogP contribution in [0.5, 0.6) is 11.5 Å². The van der Waals surface area contributed by atoms with Gasteiger partial charge in [-0.25, -0.2) is 0 Å². The predicted molar refractivity (Wildman–Crippen MR) is 245 cm³/mol. The number of nitrogens with zero attached hydrogens (tertiary/aromatic N) is 1. The Morgan fingerprint density at radius 1 is 0.404 bits per heavy atom. The summed E-state index contributed by atoms with van der Waals surface area (Å²) in [6, 6.07) is 56.3. The van der Waals surface area contributed by atoms with Crippen LogP contribution in [0.1, 0.15) is 79.0 Å². The molecule has 0 saturated heterocycles. The van der Waals surface area contributed by atoms with Crippen molar-refractivity contribution in [1.29, 1.82) is 0 Å². The van der Waals surface area contributed by atoms with E-state index in [-0.39, 0.29) is 23.0 Å². The van der Waals surface area contributed by atoms with Crippen LogP contribution in [0.15, 0.2) is 152 Å². The fourth-order valence-electron chi connectivity index (χ4n) is 8.98. The van der Waals surface area contributed by atoms with Gasteiger partial charge in [0.15, 0.2) is 0 Å². The Bertz CT molecular complexity index is 2660. The number of fused-ring (bicyclic) bond motifs is 4. The minimum Gasteiger partial charge on any atom is -0.458 e. The molecule has 2 aliphatic heterocycles. The van der Waals surface area contributed by atoms with Crippen LogP contribution in [-0.2, 0) is 16.2 Å². The molecule has 7 aromatic rings. The molecule has 0 aromatic heterocycles. The minimum absolute atomic E-state index is 0.00412. The summed E-state index contributed by atoms with van der Waals surface area (Å²) < 4.78 is 6.86. The Labute approximate surface area is 340 Å². The van der Waals surface area contributed by atoms with E-state index in [2.05, 4.69) is 219 Å². The third-order valence-corrected chi connectivity index (χ3v) is 12.0. The second kappa shape index (κ2) is 13.4. The Morgan fingerprint density at radius 2 is 1.04 bits per heavy atom. The zero-order chi connectivity index (χ0) is 39.9. The highest BCUT2D eigenvalue weighted by Gasteiger charge is 2.42. The van der Waals surface area contributed by atoms with Gasteiger partial charge in [0.25, 0.3) is 6.71 Å². The monoisotopic (exact) mass is 741 g/mol. The molecule has 0 atom stereocenters. The molecular formula is C54H52BNO. The molecule has 2 heterocycles. The maximum Gasteiger partial charge on any atom is 0.256 e. The topological polar surface area (TPSA) is 12.5 Å².